The Morgan fingerprint density at radius 1 is 0.311 bits per heavy atom. The average molecular weight is 1330 g/mol. The lowest BCUT2D eigenvalue weighted by molar-refractivity contribution is -0.158. The van der Waals surface area contributed by atoms with Gasteiger partial charge in [0.2, 0.25) is 47.3 Å². The molecule has 0 aromatic heterocycles. The number of nitrogens with one attached hydrogen (secondary N) is 12. The summed E-state index contributed by atoms with van der Waals surface area (Å²) in [4.78, 5) is 146. The van der Waals surface area contributed by atoms with Gasteiger partial charge in [-0.1, -0.05) is 0 Å². The molecule has 0 bridgehead atoms. The van der Waals surface area contributed by atoms with Crippen LogP contribution >= 0.6 is 11.8 Å². The minimum atomic E-state index is -2.22. The average Bonchev–Trinajstić information content (AvgIpc) is 2.66. The van der Waals surface area contributed by atoms with Crippen LogP contribution in [0.2, 0.25) is 0 Å². The van der Waals surface area contributed by atoms with Gasteiger partial charge in [0.15, 0.2) is 24.4 Å². The van der Waals surface area contributed by atoms with Crippen LogP contribution in [0, 0.1) is 0 Å². The predicted octanol–water partition coefficient (Wildman–Crippen LogP) is -15.8. The van der Waals surface area contributed by atoms with Crippen LogP contribution in [-0.2, 0) is 62.3 Å². The minimum Gasteiger partial charge on any atom is -0.480 e. The molecule has 522 valence electrons. The van der Waals surface area contributed by atoms with Gasteiger partial charge in [0.05, 0.1) is 49.9 Å². The van der Waals surface area contributed by atoms with Crippen LogP contribution < -0.4 is 63.8 Å². The first-order valence-corrected chi connectivity index (χ1v) is 27.7. The third-order valence-corrected chi connectivity index (χ3v) is 12.5. The first-order valence-electron chi connectivity index (χ1n) is 26.3. The van der Waals surface area contributed by atoms with Crippen molar-refractivity contribution in [3.05, 3.63) is 0 Å². The Bertz CT molecular complexity index is 2100. The van der Waals surface area contributed by atoms with Crippen LogP contribution in [0.1, 0.15) is 25.7 Å². The van der Waals surface area contributed by atoms with Crippen LogP contribution in [0.3, 0.4) is 0 Å². The van der Waals surface area contributed by atoms with Gasteiger partial charge < -0.3 is 151 Å². The van der Waals surface area contributed by atoms with Crippen LogP contribution in [0.4, 0.5) is 0 Å². The van der Waals surface area contributed by atoms with E-state index in [0.29, 0.717) is 0 Å². The van der Waals surface area contributed by atoms with Crippen LogP contribution in [-0.4, -0.2) is 355 Å². The molecule has 0 radical (unpaired) electrons. The van der Waals surface area contributed by atoms with Crippen molar-refractivity contribution in [3.63, 3.8) is 0 Å². The van der Waals surface area contributed by atoms with Gasteiger partial charge >= 0.3 is 29.8 Å². The van der Waals surface area contributed by atoms with E-state index < -0.39 is 213 Å². The first kappa shape index (κ1) is 89.2. The molecule has 0 aliphatic heterocycles. The summed E-state index contributed by atoms with van der Waals surface area (Å²) < 4.78 is 0. The number of amides is 8. The zero-order chi connectivity index (χ0) is 70.9. The van der Waals surface area contributed by atoms with Crippen molar-refractivity contribution in [2.45, 2.75) is 129 Å². The van der Waals surface area contributed by atoms with E-state index >= 15 is 0 Å². The molecule has 0 aliphatic carbocycles. The van der Waals surface area contributed by atoms with Gasteiger partial charge in [0, 0.05) is 53.1 Å². The molecule has 0 rings (SSSR count). The SMILES string of the molecule is CNC(=O)C(CC(=O)NCC(O)C(O)C(O)C(=O)O)NC.CNC(=O)[C@H](CC(=O)NC[C@H](O)[C@@H](O)[C@@H](O)C(=O)O)NC.CNC(=O)[C@H](CC(=O)NC[C@H](O)[C@@H](O)[C@H](O)C(=O)O)NC.CNC(CC(=O)NCC(O)C(O)C(O)C(=O)O)C(=O)N[C@@H](CSC)C(=O)O. The molecule has 43 heteroatoms. The quantitative estimate of drug-likeness (QED) is 0.0271. The van der Waals surface area contributed by atoms with Gasteiger partial charge in [-0.25, -0.2) is 24.0 Å². The lowest BCUT2D eigenvalue weighted by atomic mass is 10.1. The van der Waals surface area contributed by atoms with Crippen LogP contribution in [0.25, 0.3) is 0 Å². The maximum Gasteiger partial charge on any atom is 0.335 e. The Morgan fingerprint density at radius 3 is 0.667 bits per heavy atom. The fourth-order valence-electron chi connectivity index (χ4n) is 6.25. The Morgan fingerprint density at radius 2 is 0.511 bits per heavy atom. The third kappa shape index (κ3) is 37.1. The van der Waals surface area contributed by atoms with Gasteiger partial charge in [-0.3, -0.25) is 38.4 Å². The molecule has 8 amide bonds. The topological polar surface area (TPSA) is 710 Å². The van der Waals surface area contributed by atoms with Crippen molar-refractivity contribution >= 4 is 88.9 Å². The number of carboxylic acid groups (broad SMARTS) is 5. The smallest absolute Gasteiger partial charge is 0.335 e. The molecule has 17 atom stereocenters. The number of thioether (sulfide) groups is 1. The number of aliphatic hydroxyl groups is 12. The number of carbonyl (C=O) groups is 13. The van der Waals surface area contributed by atoms with Crippen molar-refractivity contribution < 1.29 is 149 Å². The predicted molar refractivity (Wildman–Crippen MR) is 305 cm³/mol. The molecule has 0 spiro atoms. The van der Waals surface area contributed by atoms with Gasteiger partial charge in [-0.15, -0.1) is 0 Å². The number of carbonyl (C=O) groups excluding carboxylic acids is 8. The Labute approximate surface area is 517 Å². The zero-order valence-electron chi connectivity index (χ0n) is 50.0. The maximum atomic E-state index is 12.1. The fourth-order valence-corrected chi connectivity index (χ4v) is 6.81. The lowest BCUT2D eigenvalue weighted by Gasteiger charge is -2.22. The number of aliphatic hydroxyl groups excluding tert-OH is 12. The Kier molecular flexibility index (Phi) is 48.2. The van der Waals surface area contributed by atoms with Gasteiger partial charge in [0.25, 0.3) is 0 Å². The van der Waals surface area contributed by atoms with Gasteiger partial charge in [-0.05, 0) is 34.4 Å². The monoisotopic (exact) mass is 1330 g/mol. The summed E-state index contributed by atoms with van der Waals surface area (Å²) in [6.45, 7) is -1.95. The summed E-state index contributed by atoms with van der Waals surface area (Å²) in [5.74, 6) is -12.3. The van der Waals surface area contributed by atoms with Crippen molar-refractivity contribution in [2.75, 3.05) is 87.5 Å². The summed E-state index contributed by atoms with van der Waals surface area (Å²) >= 11 is 1.22. The number of carboxylic acids is 5. The standard InChI is InChI=1S/C14H25N3O9S.3C11H21N3O7/c1-15-6(12(22)17-7(5-27-2)13(23)24)3-9(19)16-4-8(18)10(20)11(21)14(25)26;3*1-12-5(10(19)13-2)3-7(16)14-4-6(15)8(17)9(18)11(20)21/h6-8,10-11,15,18,20-21H,3-5H2,1-2H3,(H,16,19)(H,17,22)(H,23,24)(H,25,26);3*5-6,8-9,12,15,17-18H,3-4H2,1-2H3,(H,13,19)(H,14,16)(H,20,21)/t6?,7-,8?,10?,11?;5-,6-,8+,9+;5-,6-,8+,9-;/m000./s1. The largest absolute Gasteiger partial charge is 0.480 e. The maximum absolute atomic E-state index is 12.1. The van der Waals surface area contributed by atoms with E-state index in [1.807, 2.05) is 0 Å². The summed E-state index contributed by atoms with van der Waals surface area (Å²) in [6.07, 6.45) is -22.6. The minimum absolute atomic E-state index is 0.139. The molecule has 29 N–H and O–H groups in total. The van der Waals surface area contributed by atoms with Crippen LogP contribution in [0.5, 0.6) is 0 Å². The molecular formula is C47H88N12O30S. The Hall–Kier alpha value is -7.18. The summed E-state index contributed by atoms with van der Waals surface area (Å²) in [7, 11) is 10.1. The highest BCUT2D eigenvalue weighted by Gasteiger charge is 2.35. The molecule has 0 aromatic carbocycles. The highest BCUT2D eigenvalue weighted by atomic mass is 32.2. The summed E-state index contributed by atoms with van der Waals surface area (Å²) in [5, 5.41) is 183. The highest BCUT2D eigenvalue weighted by Crippen LogP contribution is 2.06. The van der Waals surface area contributed by atoms with Gasteiger partial charge in [-0.2, -0.15) is 11.8 Å². The molecule has 0 saturated heterocycles. The fraction of sp³-hybridized carbons (Fsp3) is 0.723. The summed E-state index contributed by atoms with van der Waals surface area (Å²) in [6, 6.07) is -4.47. The normalized spacial score (nSPS) is 16.4. The molecule has 0 aromatic rings. The van der Waals surface area contributed by atoms with E-state index in [9.17, 15) is 103 Å². The zero-order valence-corrected chi connectivity index (χ0v) is 50.8. The van der Waals surface area contributed by atoms with E-state index in [-0.39, 0.29) is 25.0 Å². The molecular weight excluding hydrogens is 1240 g/mol. The lowest BCUT2D eigenvalue weighted by Crippen LogP contribution is -2.52. The number of likely N-dealkylation sites (N-methyl/N-ethyl adjacent to an activating group) is 7. The molecule has 0 fully saturated rings. The van der Waals surface area contributed by atoms with Gasteiger partial charge in [0.1, 0.15) is 54.9 Å². The van der Waals surface area contributed by atoms with Crippen molar-refractivity contribution in [3.8, 4) is 0 Å². The second-order valence-corrected chi connectivity index (χ2v) is 19.4. The number of hydrogen-bond acceptors (Lipinski definition) is 30. The van der Waals surface area contributed by atoms with E-state index in [0.717, 1.165) is 0 Å². The number of hydrogen-bond donors (Lipinski definition) is 29. The summed E-state index contributed by atoms with van der Waals surface area (Å²) in [5.41, 5.74) is 0. The molecule has 0 saturated carbocycles. The first-order chi connectivity index (χ1) is 41.8. The van der Waals surface area contributed by atoms with Crippen LogP contribution in [0.15, 0.2) is 0 Å². The highest BCUT2D eigenvalue weighted by molar-refractivity contribution is 7.98. The second-order valence-electron chi connectivity index (χ2n) is 18.5. The third-order valence-electron chi connectivity index (χ3n) is 11.8. The van der Waals surface area contributed by atoms with E-state index in [1.165, 1.54) is 61.1 Å². The van der Waals surface area contributed by atoms with E-state index in [2.05, 4.69) is 63.8 Å². The second kappa shape index (κ2) is 48.6. The molecule has 90 heavy (non-hydrogen) atoms. The number of aliphatic carboxylic acids is 5. The van der Waals surface area contributed by atoms with E-state index in [1.54, 1.807) is 6.26 Å². The van der Waals surface area contributed by atoms with Crippen molar-refractivity contribution in [1.82, 2.24) is 63.8 Å². The molecule has 0 aliphatic rings. The van der Waals surface area contributed by atoms with Crippen molar-refractivity contribution in [1.29, 1.82) is 0 Å². The van der Waals surface area contributed by atoms with E-state index in [4.69, 9.17) is 46.0 Å². The Balaban J connectivity index is -0.000000551. The molecule has 42 nitrogen and oxygen atoms in total. The molecule has 8 unspecified atom stereocenters. The molecule has 0 heterocycles. The van der Waals surface area contributed by atoms with Crippen molar-refractivity contribution in [2.24, 2.45) is 0 Å². The number of rotatable bonds is 40.